The summed E-state index contributed by atoms with van der Waals surface area (Å²) in [4.78, 5) is 13.6. The van der Waals surface area contributed by atoms with E-state index >= 15 is 0 Å². The molecule has 0 aliphatic carbocycles. The first kappa shape index (κ1) is 13.2. The highest BCUT2D eigenvalue weighted by atomic mass is 16.6. The molecule has 2 aliphatic rings. The molecule has 0 unspecified atom stereocenters. The van der Waals surface area contributed by atoms with Crippen molar-refractivity contribution in [2.45, 2.75) is 18.9 Å². The molecule has 1 saturated heterocycles. The molecule has 108 valence electrons. The number of fused-ring (bicyclic) bond motifs is 1. The van der Waals surface area contributed by atoms with Gasteiger partial charge in [0.05, 0.1) is 26.2 Å². The zero-order valence-corrected chi connectivity index (χ0v) is 11.6. The van der Waals surface area contributed by atoms with Crippen molar-refractivity contribution in [3.63, 3.8) is 0 Å². The third-order valence-electron chi connectivity index (χ3n) is 3.89. The summed E-state index contributed by atoms with van der Waals surface area (Å²) in [5.41, 5.74) is 0. The van der Waals surface area contributed by atoms with Gasteiger partial charge in [0.1, 0.15) is 6.61 Å². The van der Waals surface area contributed by atoms with Gasteiger partial charge >= 0.3 is 0 Å². The highest BCUT2D eigenvalue weighted by Gasteiger charge is 2.27. The van der Waals surface area contributed by atoms with Crippen molar-refractivity contribution in [1.82, 2.24) is 5.32 Å². The second-order valence-electron chi connectivity index (χ2n) is 5.36. The molecule has 0 aromatic heterocycles. The molecule has 0 spiro atoms. The SMILES string of the molecule is O=C(NCC[NH+]1CCCC1)[C@H]1COc2ccccc2O1. The molecule has 5 heteroatoms. The molecule has 0 bridgehead atoms. The fourth-order valence-electron chi connectivity index (χ4n) is 2.75. The maximum absolute atomic E-state index is 12.1. The lowest BCUT2D eigenvalue weighted by Crippen LogP contribution is -3.10. The first-order valence-electron chi connectivity index (χ1n) is 7.33. The van der Waals surface area contributed by atoms with Gasteiger partial charge in [-0.05, 0) is 12.1 Å². The van der Waals surface area contributed by atoms with Gasteiger partial charge in [-0.2, -0.15) is 0 Å². The quantitative estimate of drug-likeness (QED) is 0.789. The van der Waals surface area contributed by atoms with Crippen LogP contribution in [0.5, 0.6) is 11.5 Å². The number of para-hydroxylation sites is 2. The van der Waals surface area contributed by atoms with Crippen LogP contribution in [0.1, 0.15) is 12.8 Å². The number of carbonyl (C=O) groups excluding carboxylic acids is 1. The highest BCUT2D eigenvalue weighted by Crippen LogP contribution is 2.30. The third kappa shape index (κ3) is 3.04. The van der Waals surface area contributed by atoms with Crippen LogP contribution in [0.25, 0.3) is 0 Å². The Morgan fingerprint density at radius 3 is 2.80 bits per heavy atom. The number of carbonyl (C=O) groups is 1. The van der Waals surface area contributed by atoms with Crippen LogP contribution in [-0.4, -0.2) is 44.8 Å². The van der Waals surface area contributed by atoms with Crippen LogP contribution < -0.4 is 19.7 Å². The summed E-state index contributed by atoms with van der Waals surface area (Å²) in [6.07, 6.45) is 2.07. The Kier molecular flexibility index (Phi) is 4.06. The summed E-state index contributed by atoms with van der Waals surface area (Å²) in [5, 5.41) is 2.95. The Morgan fingerprint density at radius 1 is 1.25 bits per heavy atom. The van der Waals surface area contributed by atoms with Gasteiger partial charge in [0, 0.05) is 12.8 Å². The van der Waals surface area contributed by atoms with Gasteiger partial charge < -0.3 is 19.7 Å². The normalized spacial score (nSPS) is 21.7. The number of benzene rings is 1. The van der Waals surface area contributed by atoms with Crippen molar-refractivity contribution >= 4 is 5.91 Å². The molecule has 1 amide bonds. The van der Waals surface area contributed by atoms with E-state index in [2.05, 4.69) is 5.32 Å². The van der Waals surface area contributed by atoms with Gasteiger partial charge in [-0.1, -0.05) is 12.1 Å². The van der Waals surface area contributed by atoms with E-state index in [0.717, 1.165) is 6.54 Å². The van der Waals surface area contributed by atoms with Crippen molar-refractivity contribution in [1.29, 1.82) is 0 Å². The number of nitrogens with one attached hydrogen (secondary N) is 2. The molecular formula is C15H21N2O3+. The number of likely N-dealkylation sites (tertiary alicyclic amines) is 1. The van der Waals surface area contributed by atoms with Crippen molar-refractivity contribution in [2.24, 2.45) is 0 Å². The summed E-state index contributed by atoms with van der Waals surface area (Å²) in [6.45, 7) is 4.43. The van der Waals surface area contributed by atoms with E-state index in [1.165, 1.54) is 25.9 Å². The van der Waals surface area contributed by atoms with Gasteiger partial charge in [-0.15, -0.1) is 0 Å². The largest absolute Gasteiger partial charge is 0.485 e. The van der Waals surface area contributed by atoms with E-state index in [0.29, 0.717) is 18.0 Å². The minimum absolute atomic E-state index is 0.0851. The predicted molar refractivity (Wildman–Crippen MR) is 74.2 cm³/mol. The molecular weight excluding hydrogens is 256 g/mol. The maximum Gasteiger partial charge on any atom is 0.264 e. The molecule has 1 aromatic rings. The second-order valence-corrected chi connectivity index (χ2v) is 5.36. The van der Waals surface area contributed by atoms with Crippen molar-refractivity contribution in [2.75, 3.05) is 32.8 Å². The molecule has 2 heterocycles. The molecule has 0 saturated carbocycles. The fourth-order valence-corrected chi connectivity index (χ4v) is 2.75. The summed E-state index contributed by atoms with van der Waals surface area (Å²) in [7, 11) is 0. The minimum atomic E-state index is -0.543. The lowest BCUT2D eigenvalue weighted by molar-refractivity contribution is -0.886. The Balaban J connectivity index is 1.46. The number of hydrogen-bond donors (Lipinski definition) is 2. The van der Waals surface area contributed by atoms with Crippen LogP contribution in [0.3, 0.4) is 0 Å². The molecule has 5 nitrogen and oxygen atoms in total. The Hall–Kier alpha value is -1.75. The van der Waals surface area contributed by atoms with Gasteiger partial charge in [-0.25, -0.2) is 0 Å². The van der Waals surface area contributed by atoms with Crippen LogP contribution in [0, 0.1) is 0 Å². The van der Waals surface area contributed by atoms with Crippen LogP contribution in [0.2, 0.25) is 0 Å². The molecule has 1 fully saturated rings. The molecule has 2 N–H and O–H groups in total. The maximum atomic E-state index is 12.1. The lowest BCUT2D eigenvalue weighted by Gasteiger charge is -2.25. The summed E-state index contributed by atoms with van der Waals surface area (Å²) >= 11 is 0. The zero-order chi connectivity index (χ0) is 13.8. The molecule has 0 radical (unpaired) electrons. The van der Waals surface area contributed by atoms with Crippen LogP contribution in [-0.2, 0) is 4.79 Å². The van der Waals surface area contributed by atoms with E-state index in [1.807, 2.05) is 24.3 Å². The van der Waals surface area contributed by atoms with E-state index in [9.17, 15) is 4.79 Å². The van der Waals surface area contributed by atoms with Crippen LogP contribution in [0.15, 0.2) is 24.3 Å². The lowest BCUT2D eigenvalue weighted by atomic mass is 10.2. The average Bonchev–Trinajstić information content (AvgIpc) is 3.00. The standard InChI is InChI=1S/C15H20N2O3/c18-15(16-7-10-17-8-3-4-9-17)14-11-19-12-5-1-2-6-13(12)20-14/h1-2,5-6,14H,3-4,7-11H2,(H,16,18)/p+1/t14-/m1/s1. The Bertz CT molecular complexity index is 472. The molecule has 20 heavy (non-hydrogen) atoms. The fraction of sp³-hybridized carbons (Fsp3) is 0.533. The second kappa shape index (κ2) is 6.13. The van der Waals surface area contributed by atoms with E-state index in [4.69, 9.17) is 9.47 Å². The average molecular weight is 277 g/mol. The number of ether oxygens (including phenoxy) is 2. The third-order valence-corrected chi connectivity index (χ3v) is 3.89. The van der Waals surface area contributed by atoms with E-state index in [1.54, 1.807) is 4.90 Å². The minimum Gasteiger partial charge on any atom is -0.485 e. The zero-order valence-electron chi connectivity index (χ0n) is 11.6. The van der Waals surface area contributed by atoms with E-state index < -0.39 is 6.10 Å². The molecule has 3 rings (SSSR count). The topological polar surface area (TPSA) is 52.0 Å². The number of hydrogen-bond acceptors (Lipinski definition) is 3. The van der Waals surface area contributed by atoms with Gasteiger partial charge in [0.15, 0.2) is 11.5 Å². The molecule has 1 atom stereocenters. The first-order valence-corrected chi connectivity index (χ1v) is 7.33. The van der Waals surface area contributed by atoms with Gasteiger partial charge in [-0.3, -0.25) is 4.79 Å². The predicted octanol–water partition coefficient (Wildman–Crippen LogP) is -0.379. The van der Waals surface area contributed by atoms with Crippen molar-refractivity contribution in [3.8, 4) is 11.5 Å². The summed E-state index contributed by atoms with van der Waals surface area (Å²) in [6, 6.07) is 7.43. The number of amides is 1. The number of rotatable bonds is 4. The molecule has 1 aromatic carbocycles. The smallest absolute Gasteiger partial charge is 0.264 e. The van der Waals surface area contributed by atoms with Gasteiger partial charge in [0.2, 0.25) is 6.10 Å². The van der Waals surface area contributed by atoms with Crippen LogP contribution in [0.4, 0.5) is 0 Å². The number of quaternary nitrogens is 1. The van der Waals surface area contributed by atoms with Crippen LogP contribution >= 0.6 is 0 Å². The first-order chi connectivity index (χ1) is 9.83. The highest BCUT2D eigenvalue weighted by molar-refractivity contribution is 5.81. The van der Waals surface area contributed by atoms with Crippen molar-refractivity contribution in [3.05, 3.63) is 24.3 Å². The van der Waals surface area contributed by atoms with Crippen molar-refractivity contribution < 1.29 is 19.2 Å². The Morgan fingerprint density at radius 2 is 2.00 bits per heavy atom. The summed E-state index contributed by atoms with van der Waals surface area (Å²) in [5.74, 6) is 1.26. The Labute approximate surface area is 118 Å². The summed E-state index contributed by atoms with van der Waals surface area (Å²) < 4.78 is 11.2. The van der Waals surface area contributed by atoms with E-state index in [-0.39, 0.29) is 12.5 Å². The van der Waals surface area contributed by atoms with Gasteiger partial charge in [0.25, 0.3) is 5.91 Å². The molecule has 2 aliphatic heterocycles. The monoisotopic (exact) mass is 277 g/mol.